The molecule has 0 aromatic heterocycles. The van der Waals surface area contributed by atoms with E-state index in [-0.39, 0.29) is 37.5 Å². The first kappa shape index (κ1) is 71.3. The van der Waals surface area contributed by atoms with Gasteiger partial charge in [-0.3, -0.25) is 14.4 Å². The lowest BCUT2D eigenvalue weighted by Crippen LogP contribution is -2.30. The summed E-state index contributed by atoms with van der Waals surface area (Å²) in [5.74, 6) is -0.958. The van der Waals surface area contributed by atoms with E-state index in [0.717, 1.165) is 173 Å². The molecule has 0 N–H and O–H groups in total. The second-order valence-electron chi connectivity index (χ2n) is 19.8. The Hall–Kier alpha value is -4.71. The average molecular weight is 1050 g/mol. The van der Waals surface area contributed by atoms with E-state index >= 15 is 0 Å². The Morgan fingerprint density at radius 2 is 0.513 bits per heavy atom. The summed E-state index contributed by atoms with van der Waals surface area (Å²) in [7, 11) is 0. The molecule has 0 fully saturated rings. The predicted octanol–water partition coefficient (Wildman–Crippen LogP) is 21.2. The van der Waals surface area contributed by atoms with Crippen molar-refractivity contribution in [2.75, 3.05) is 13.2 Å². The van der Waals surface area contributed by atoms with Gasteiger partial charge in [-0.25, -0.2) is 0 Å². The summed E-state index contributed by atoms with van der Waals surface area (Å²) in [5, 5.41) is 0. The average Bonchev–Trinajstić information content (AvgIpc) is 3.42. The molecule has 0 aromatic rings. The molecule has 0 bridgehead atoms. The Morgan fingerprint density at radius 1 is 0.276 bits per heavy atom. The third-order valence-electron chi connectivity index (χ3n) is 12.6. The van der Waals surface area contributed by atoms with Gasteiger partial charge in [-0.1, -0.05) is 244 Å². The summed E-state index contributed by atoms with van der Waals surface area (Å²) in [4.78, 5) is 38.3. The van der Waals surface area contributed by atoms with Gasteiger partial charge in [0.1, 0.15) is 13.2 Å². The fourth-order valence-corrected chi connectivity index (χ4v) is 8.00. The quantitative estimate of drug-likeness (QED) is 0.0261. The molecule has 0 rings (SSSR count). The molecule has 0 aliphatic heterocycles. The number of esters is 3. The van der Waals surface area contributed by atoms with Crippen LogP contribution in [-0.2, 0) is 28.6 Å². The second kappa shape index (κ2) is 62.8. The molecule has 0 saturated carbocycles. The molecule has 0 aliphatic carbocycles. The van der Waals surface area contributed by atoms with Gasteiger partial charge >= 0.3 is 17.9 Å². The van der Waals surface area contributed by atoms with E-state index in [1.807, 2.05) is 0 Å². The first-order valence-corrected chi connectivity index (χ1v) is 30.8. The molecule has 76 heavy (non-hydrogen) atoms. The fourth-order valence-electron chi connectivity index (χ4n) is 8.00. The molecule has 0 heterocycles. The Labute approximate surface area is 467 Å². The number of rotatable bonds is 54. The third-order valence-corrected chi connectivity index (χ3v) is 12.6. The van der Waals surface area contributed by atoms with Crippen molar-refractivity contribution >= 4 is 17.9 Å². The lowest BCUT2D eigenvalue weighted by molar-refractivity contribution is -0.167. The van der Waals surface area contributed by atoms with Crippen LogP contribution in [0.15, 0.2) is 146 Å². The standard InChI is InChI=1S/C70H112O6/c1-4-7-10-13-16-19-22-25-28-30-31-32-33-34-35-36-37-38-39-41-42-45-48-51-54-57-60-63-69(72)75-66-67(65-74-68(71)62-59-56-53-50-47-44-27-24-21-18-15-12-9-6-3)76-70(73)64-61-58-55-52-49-46-43-40-29-26-23-20-17-14-11-8-5-2/h7-8,10-11,16-17,19-20,24-29,31-32,34-35,37-38,41-43,46,67H,4-6,9,12-15,18,21-23,30,33,36,39-40,44-45,47-66H2,1-3H3/b10-7-,11-8-,19-16-,20-17-,27-24-,28-25-,29-26-,32-31-,35-34-,38-37-,42-41-,46-43-. The van der Waals surface area contributed by atoms with Crippen LogP contribution in [0.2, 0.25) is 0 Å². The van der Waals surface area contributed by atoms with Crippen LogP contribution in [0.1, 0.15) is 258 Å². The lowest BCUT2D eigenvalue weighted by atomic mass is 10.1. The summed E-state index contributed by atoms with van der Waals surface area (Å²) in [6, 6.07) is 0. The molecule has 428 valence electrons. The van der Waals surface area contributed by atoms with Gasteiger partial charge in [-0.05, 0) is 141 Å². The van der Waals surface area contributed by atoms with Gasteiger partial charge in [0.05, 0.1) is 0 Å². The Kier molecular flexibility index (Phi) is 58.9. The van der Waals surface area contributed by atoms with Crippen molar-refractivity contribution in [1.29, 1.82) is 0 Å². The number of ether oxygens (including phenoxy) is 3. The number of hydrogen-bond donors (Lipinski definition) is 0. The maximum absolute atomic E-state index is 12.9. The highest BCUT2D eigenvalue weighted by Gasteiger charge is 2.19. The molecule has 0 radical (unpaired) electrons. The van der Waals surface area contributed by atoms with Crippen LogP contribution < -0.4 is 0 Å². The normalized spacial score (nSPS) is 13.1. The Bertz CT molecular complexity index is 1680. The van der Waals surface area contributed by atoms with E-state index in [0.29, 0.717) is 12.8 Å². The Balaban J connectivity index is 4.45. The van der Waals surface area contributed by atoms with E-state index < -0.39 is 6.10 Å². The van der Waals surface area contributed by atoms with Crippen LogP contribution in [-0.4, -0.2) is 37.2 Å². The molecule has 0 spiro atoms. The molecule has 0 aliphatic rings. The number of carbonyl (C=O) groups excluding carboxylic acids is 3. The first-order chi connectivity index (χ1) is 37.5. The topological polar surface area (TPSA) is 78.9 Å². The zero-order valence-corrected chi connectivity index (χ0v) is 49.0. The molecular weight excluding hydrogens is 937 g/mol. The van der Waals surface area contributed by atoms with Crippen molar-refractivity contribution in [3.63, 3.8) is 0 Å². The number of unbranched alkanes of at least 4 members (excludes halogenated alkanes) is 19. The van der Waals surface area contributed by atoms with E-state index in [4.69, 9.17) is 14.2 Å². The molecule has 1 unspecified atom stereocenters. The van der Waals surface area contributed by atoms with Crippen molar-refractivity contribution in [3.8, 4) is 0 Å². The molecule has 0 amide bonds. The van der Waals surface area contributed by atoms with Crippen molar-refractivity contribution in [2.45, 2.75) is 264 Å². The van der Waals surface area contributed by atoms with Gasteiger partial charge in [-0.15, -0.1) is 0 Å². The molecular formula is C70H112O6. The van der Waals surface area contributed by atoms with E-state index in [1.54, 1.807) is 0 Å². The van der Waals surface area contributed by atoms with Crippen LogP contribution >= 0.6 is 0 Å². The maximum Gasteiger partial charge on any atom is 0.306 e. The third kappa shape index (κ3) is 60.2. The van der Waals surface area contributed by atoms with Crippen LogP contribution in [0, 0.1) is 0 Å². The summed E-state index contributed by atoms with van der Waals surface area (Å²) >= 11 is 0. The van der Waals surface area contributed by atoms with E-state index in [2.05, 4.69) is 167 Å². The summed E-state index contributed by atoms with van der Waals surface area (Å²) in [6.45, 7) is 6.35. The minimum Gasteiger partial charge on any atom is -0.462 e. The number of hydrogen-bond acceptors (Lipinski definition) is 6. The monoisotopic (exact) mass is 1050 g/mol. The van der Waals surface area contributed by atoms with Crippen LogP contribution in [0.25, 0.3) is 0 Å². The highest BCUT2D eigenvalue weighted by atomic mass is 16.6. The van der Waals surface area contributed by atoms with Crippen molar-refractivity contribution in [2.24, 2.45) is 0 Å². The first-order valence-electron chi connectivity index (χ1n) is 30.8. The summed E-state index contributed by atoms with van der Waals surface area (Å²) in [6.07, 6.45) is 89.8. The second-order valence-corrected chi connectivity index (χ2v) is 19.8. The molecule has 6 nitrogen and oxygen atoms in total. The fraction of sp³-hybridized carbons (Fsp3) is 0.614. The van der Waals surface area contributed by atoms with Crippen molar-refractivity contribution < 1.29 is 28.6 Å². The van der Waals surface area contributed by atoms with Crippen LogP contribution in [0.5, 0.6) is 0 Å². The lowest BCUT2D eigenvalue weighted by Gasteiger charge is -2.18. The summed E-state index contributed by atoms with van der Waals surface area (Å²) < 4.78 is 16.9. The molecule has 6 heteroatoms. The van der Waals surface area contributed by atoms with E-state index in [1.165, 1.54) is 44.9 Å². The highest BCUT2D eigenvalue weighted by Crippen LogP contribution is 2.13. The number of carbonyl (C=O) groups is 3. The van der Waals surface area contributed by atoms with Gasteiger partial charge in [0.25, 0.3) is 0 Å². The van der Waals surface area contributed by atoms with Gasteiger partial charge in [0, 0.05) is 19.3 Å². The zero-order valence-electron chi connectivity index (χ0n) is 49.0. The smallest absolute Gasteiger partial charge is 0.306 e. The van der Waals surface area contributed by atoms with E-state index in [9.17, 15) is 14.4 Å². The van der Waals surface area contributed by atoms with Gasteiger partial charge in [0.2, 0.25) is 0 Å². The van der Waals surface area contributed by atoms with Gasteiger partial charge in [-0.2, -0.15) is 0 Å². The minimum atomic E-state index is -0.810. The number of allylic oxidation sites excluding steroid dienone is 24. The van der Waals surface area contributed by atoms with Crippen LogP contribution in [0.4, 0.5) is 0 Å². The SMILES string of the molecule is CC/C=C\C/C=C\C/C=C\C/C=C\C/C=C\C/C=C\C/C=C\CCCCCCCC(=O)OCC(COC(=O)CCCCCCC/C=C\CCCCCCC)OC(=O)CCCCCC/C=C\C/C=C\C/C=C\C/C=C\CC. The van der Waals surface area contributed by atoms with Crippen molar-refractivity contribution in [3.05, 3.63) is 146 Å². The highest BCUT2D eigenvalue weighted by molar-refractivity contribution is 5.71. The molecule has 0 saturated heterocycles. The Morgan fingerprint density at radius 3 is 0.816 bits per heavy atom. The molecule has 1 atom stereocenters. The van der Waals surface area contributed by atoms with Gasteiger partial charge < -0.3 is 14.2 Å². The summed E-state index contributed by atoms with van der Waals surface area (Å²) in [5.41, 5.74) is 0. The van der Waals surface area contributed by atoms with Crippen molar-refractivity contribution in [1.82, 2.24) is 0 Å². The maximum atomic E-state index is 12.9. The zero-order chi connectivity index (χ0) is 55.0. The largest absolute Gasteiger partial charge is 0.462 e. The van der Waals surface area contributed by atoms with Crippen LogP contribution in [0.3, 0.4) is 0 Å². The minimum absolute atomic E-state index is 0.104. The molecule has 0 aromatic carbocycles. The van der Waals surface area contributed by atoms with Gasteiger partial charge in [0.15, 0.2) is 6.10 Å². The predicted molar refractivity (Wildman–Crippen MR) is 329 cm³/mol.